The predicted octanol–water partition coefficient (Wildman–Crippen LogP) is 3.87. The highest BCUT2D eigenvalue weighted by Gasteiger charge is 2.04. The van der Waals surface area contributed by atoms with E-state index in [1.165, 1.54) is 5.39 Å². The van der Waals surface area contributed by atoms with E-state index in [-0.39, 0.29) is 0 Å². The van der Waals surface area contributed by atoms with Crippen LogP contribution in [0.3, 0.4) is 0 Å². The number of nitrogens with zero attached hydrogens (tertiary/aromatic N) is 1. The molecule has 2 nitrogen and oxygen atoms in total. The predicted molar refractivity (Wildman–Crippen MR) is 75.4 cm³/mol. The molecule has 0 saturated carbocycles. The van der Waals surface area contributed by atoms with Crippen molar-refractivity contribution in [3.05, 3.63) is 42.1 Å². The van der Waals surface area contributed by atoms with Crippen molar-refractivity contribution in [2.75, 3.05) is 0 Å². The van der Waals surface area contributed by atoms with Crippen LogP contribution >= 0.6 is 0 Å². The first-order chi connectivity index (χ1) is 8.88. The fraction of sp³-hybridized carbons (Fsp3) is 0.188. The number of benzene rings is 1. The second-order valence-electron chi connectivity index (χ2n) is 4.32. The molecule has 18 heavy (non-hydrogen) atoms. The number of unbranched alkanes of at least 4 members (excludes halogenated alkanes) is 1. The molecule has 2 heteroatoms. The Hall–Kier alpha value is -2.27. The van der Waals surface area contributed by atoms with Crippen molar-refractivity contribution in [1.82, 2.24) is 9.97 Å². The van der Waals surface area contributed by atoms with Crippen molar-refractivity contribution < 1.29 is 0 Å². The fourth-order valence-electron chi connectivity index (χ4n) is 2.07. The van der Waals surface area contributed by atoms with Gasteiger partial charge in [-0.15, -0.1) is 0 Å². The molecule has 0 atom stereocenters. The van der Waals surface area contributed by atoms with Crippen molar-refractivity contribution in [3.63, 3.8) is 0 Å². The van der Waals surface area contributed by atoms with Crippen LogP contribution in [0.1, 0.15) is 25.5 Å². The molecule has 0 bridgehead atoms. The summed E-state index contributed by atoms with van der Waals surface area (Å²) in [6.07, 6.45) is 2.01. The van der Waals surface area contributed by atoms with Crippen LogP contribution in [-0.4, -0.2) is 9.97 Å². The van der Waals surface area contributed by atoms with Crippen LogP contribution in [0, 0.1) is 11.8 Å². The third-order valence-corrected chi connectivity index (χ3v) is 2.96. The Bertz CT molecular complexity index is 757. The van der Waals surface area contributed by atoms with E-state index < -0.39 is 0 Å². The van der Waals surface area contributed by atoms with E-state index in [2.05, 4.69) is 46.9 Å². The third-order valence-electron chi connectivity index (χ3n) is 2.96. The Morgan fingerprint density at radius 3 is 2.89 bits per heavy atom. The maximum absolute atomic E-state index is 4.56. The molecule has 0 spiro atoms. The van der Waals surface area contributed by atoms with E-state index >= 15 is 0 Å². The summed E-state index contributed by atoms with van der Waals surface area (Å²) >= 11 is 0. The molecular formula is C16H14N2. The van der Waals surface area contributed by atoms with Crippen molar-refractivity contribution in [3.8, 4) is 11.8 Å². The lowest BCUT2D eigenvalue weighted by Gasteiger charge is -1.91. The minimum atomic E-state index is 0.836. The second-order valence-corrected chi connectivity index (χ2v) is 4.32. The highest BCUT2D eigenvalue weighted by molar-refractivity contribution is 6.05. The van der Waals surface area contributed by atoms with Gasteiger partial charge in [0, 0.05) is 22.7 Å². The van der Waals surface area contributed by atoms with Gasteiger partial charge in [-0.2, -0.15) is 0 Å². The molecular weight excluding hydrogens is 220 g/mol. The third kappa shape index (κ3) is 1.84. The highest BCUT2D eigenvalue weighted by atomic mass is 14.9. The van der Waals surface area contributed by atoms with Gasteiger partial charge in [-0.05, 0) is 30.5 Å². The molecule has 0 fully saturated rings. The average Bonchev–Trinajstić information content (AvgIpc) is 2.76. The number of nitrogens with one attached hydrogen (secondary N) is 1. The van der Waals surface area contributed by atoms with Gasteiger partial charge >= 0.3 is 0 Å². The lowest BCUT2D eigenvalue weighted by atomic mass is 10.2. The van der Waals surface area contributed by atoms with Crippen LogP contribution in [0.5, 0.6) is 0 Å². The maximum atomic E-state index is 4.56. The van der Waals surface area contributed by atoms with E-state index in [0.29, 0.717) is 0 Å². The van der Waals surface area contributed by atoms with Crippen LogP contribution in [0.15, 0.2) is 36.4 Å². The van der Waals surface area contributed by atoms with Gasteiger partial charge in [0.25, 0.3) is 0 Å². The zero-order valence-electron chi connectivity index (χ0n) is 10.3. The Kier molecular flexibility index (Phi) is 2.74. The van der Waals surface area contributed by atoms with Crippen molar-refractivity contribution in [2.45, 2.75) is 19.8 Å². The molecule has 0 saturated heterocycles. The minimum absolute atomic E-state index is 0.836. The summed E-state index contributed by atoms with van der Waals surface area (Å²) in [5.41, 5.74) is 2.88. The first kappa shape index (κ1) is 10.9. The first-order valence-corrected chi connectivity index (χ1v) is 6.25. The largest absolute Gasteiger partial charge is 0.339 e. The van der Waals surface area contributed by atoms with Gasteiger partial charge < -0.3 is 4.98 Å². The normalized spacial score (nSPS) is 10.5. The molecule has 3 aromatic rings. The molecule has 0 aliphatic carbocycles. The zero-order valence-corrected chi connectivity index (χ0v) is 10.3. The lowest BCUT2D eigenvalue weighted by Crippen LogP contribution is -1.82. The molecule has 0 aliphatic rings. The molecule has 1 N–H and O–H groups in total. The van der Waals surface area contributed by atoms with E-state index in [1.807, 2.05) is 18.2 Å². The Morgan fingerprint density at radius 2 is 2.00 bits per heavy atom. The Balaban J connectivity index is 2.13. The van der Waals surface area contributed by atoms with Gasteiger partial charge in [-0.1, -0.05) is 31.0 Å². The molecule has 3 rings (SSSR count). The van der Waals surface area contributed by atoms with E-state index in [1.54, 1.807) is 0 Å². The molecule has 2 heterocycles. The molecule has 88 valence electrons. The van der Waals surface area contributed by atoms with Crippen LogP contribution in [0.25, 0.3) is 21.9 Å². The van der Waals surface area contributed by atoms with Crippen LogP contribution in [-0.2, 0) is 0 Å². The van der Waals surface area contributed by atoms with Crippen molar-refractivity contribution in [2.24, 2.45) is 0 Å². The number of rotatable bonds is 1. The Labute approximate surface area is 106 Å². The van der Waals surface area contributed by atoms with Crippen molar-refractivity contribution in [1.29, 1.82) is 0 Å². The number of hydrogen-bond donors (Lipinski definition) is 1. The SMILES string of the molecule is CCCC#Cc1ccc2c(n1)[nH]c1ccccc12. The molecule has 1 aromatic carbocycles. The number of hydrogen-bond acceptors (Lipinski definition) is 1. The van der Waals surface area contributed by atoms with Crippen molar-refractivity contribution >= 4 is 21.9 Å². The smallest absolute Gasteiger partial charge is 0.139 e. The number of para-hydroxylation sites is 1. The second kappa shape index (κ2) is 4.54. The summed E-state index contributed by atoms with van der Waals surface area (Å²) in [7, 11) is 0. The Morgan fingerprint density at radius 1 is 1.11 bits per heavy atom. The van der Waals surface area contributed by atoms with Crippen LogP contribution in [0.2, 0.25) is 0 Å². The summed E-state index contributed by atoms with van der Waals surface area (Å²) < 4.78 is 0. The van der Waals surface area contributed by atoms with Gasteiger partial charge in [0.1, 0.15) is 11.3 Å². The topological polar surface area (TPSA) is 28.7 Å². The van der Waals surface area contributed by atoms with Crippen LogP contribution in [0.4, 0.5) is 0 Å². The van der Waals surface area contributed by atoms with E-state index in [9.17, 15) is 0 Å². The first-order valence-electron chi connectivity index (χ1n) is 6.25. The van der Waals surface area contributed by atoms with E-state index in [0.717, 1.165) is 35.1 Å². The summed E-state index contributed by atoms with van der Waals surface area (Å²) in [5, 5.41) is 2.37. The van der Waals surface area contributed by atoms with Gasteiger partial charge in [-0.3, -0.25) is 0 Å². The summed E-state index contributed by atoms with van der Waals surface area (Å²) in [5.74, 6) is 6.22. The lowest BCUT2D eigenvalue weighted by molar-refractivity contribution is 0.983. The summed E-state index contributed by atoms with van der Waals surface area (Å²) in [4.78, 5) is 7.88. The molecule has 0 aliphatic heterocycles. The molecule has 0 unspecified atom stereocenters. The average molecular weight is 234 g/mol. The summed E-state index contributed by atoms with van der Waals surface area (Å²) in [6, 6.07) is 12.3. The molecule has 0 radical (unpaired) electrons. The maximum Gasteiger partial charge on any atom is 0.139 e. The zero-order chi connectivity index (χ0) is 12.4. The summed E-state index contributed by atoms with van der Waals surface area (Å²) in [6.45, 7) is 2.13. The molecule has 2 aromatic heterocycles. The number of fused-ring (bicyclic) bond motifs is 3. The number of pyridine rings is 1. The van der Waals surface area contributed by atoms with Gasteiger partial charge in [-0.25, -0.2) is 4.98 Å². The van der Waals surface area contributed by atoms with Gasteiger partial charge in [0.05, 0.1) is 0 Å². The minimum Gasteiger partial charge on any atom is -0.339 e. The number of aromatic amines is 1. The van der Waals surface area contributed by atoms with Crippen LogP contribution < -0.4 is 0 Å². The quantitative estimate of drug-likeness (QED) is 0.636. The van der Waals surface area contributed by atoms with E-state index in [4.69, 9.17) is 0 Å². The fourth-order valence-corrected chi connectivity index (χ4v) is 2.07. The highest BCUT2D eigenvalue weighted by Crippen LogP contribution is 2.23. The van der Waals surface area contributed by atoms with Gasteiger partial charge in [0.15, 0.2) is 0 Å². The van der Waals surface area contributed by atoms with Gasteiger partial charge in [0.2, 0.25) is 0 Å². The number of aromatic nitrogens is 2. The molecule has 0 amide bonds. The standard InChI is InChI=1S/C16H14N2/c1-2-3-4-7-12-10-11-14-13-8-5-6-9-15(13)18-16(14)17-12/h5-6,8-11H,2-3H2,1H3,(H,17,18). The number of H-pyrrole nitrogens is 1. The monoisotopic (exact) mass is 234 g/mol.